The lowest BCUT2D eigenvalue weighted by Crippen LogP contribution is -2.00. The Hall–Kier alpha value is -0.0700. The molecule has 0 aliphatic heterocycles. The first-order valence-corrected chi connectivity index (χ1v) is 4.41. The smallest absolute Gasteiger partial charge is 0.0897 e. The summed E-state index contributed by atoms with van der Waals surface area (Å²) >= 11 is 0. The largest absolute Gasteiger partial charge is 0.251 e. The van der Waals surface area contributed by atoms with Crippen LogP contribution in [0.5, 0.6) is 0 Å². The molecule has 0 unspecified atom stereocenters. The highest BCUT2D eigenvalue weighted by Gasteiger charge is 2.04. The van der Waals surface area contributed by atoms with E-state index in [9.17, 15) is 4.39 Å². The first kappa shape index (κ1) is 9.93. The van der Waals surface area contributed by atoms with Gasteiger partial charge in [0.05, 0.1) is 6.67 Å². The molecule has 0 spiro atoms. The fraction of sp³-hybridized carbons (Fsp3) is 1.00. The second-order valence-corrected chi connectivity index (χ2v) is 2.92. The Morgan fingerprint density at radius 2 is 1.50 bits per heavy atom. The van der Waals surface area contributed by atoms with E-state index in [1.54, 1.807) is 0 Å². The Kier molecular flexibility index (Phi) is 6.99. The minimum atomic E-state index is -0.134. The van der Waals surface area contributed by atoms with Crippen molar-refractivity contribution in [1.82, 2.24) is 0 Å². The zero-order valence-electron chi connectivity index (χ0n) is 7.20. The molecular weight excluding hydrogens is 127 g/mol. The van der Waals surface area contributed by atoms with Crippen LogP contribution >= 0.6 is 0 Å². The third-order valence-corrected chi connectivity index (χ3v) is 1.91. The molecule has 1 heteroatoms. The van der Waals surface area contributed by atoms with Crippen molar-refractivity contribution in [2.45, 2.75) is 46.0 Å². The van der Waals surface area contributed by atoms with Crippen LogP contribution in [-0.4, -0.2) is 6.67 Å². The van der Waals surface area contributed by atoms with Crippen molar-refractivity contribution in [3.05, 3.63) is 0 Å². The van der Waals surface area contributed by atoms with E-state index in [0.29, 0.717) is 5.92 Å². The topological polar surface area (TPSA) is 0 Å². The highest BCUT2D eigenvalue weighted by Crippen LogP contribution is 2.16. The van der Waals surface area contributed by atoms with Crippen molar-refractivity contribution in [3.8, 4) is 0 Å². The minimum absolute atomic E-state index is 0.134. The van der Waals surface area contributed by atoms with Crippen molar-refractivity contribution >= 4 is 0 Å². The van der Waals surface area contributed by atoms with Gasteiger partial charge < -0.3 is 0 Å². The van der Waals surface area contributed by atoms with Gasteiger partial charge in [0.25, 0.3) is 0 Å². The van der Waals surface area contributed by atoms with Gasteiger partial charge in [-0.2, -0.15) is 0 Å². The van der Waals surface area contributed by atoms with E-state index in [1.165, 1.54) is 25.7 Å². The van der Waals surface area contributed by atoms with Gasteiger partial charge in [0.15, 0.2) is 0 Å². The molecule has 0 saturated heterocycles. The zero-order chi connectivity index (χ0) is 7.82. The maximum atomic E-state index is 11.9. The van der Waals surface area contributed by atoms with Crippen LogP contribution in [0.1, 0.15) is 46.0 Å². The second-order valence-electron chi connectivity index (χ2n) is 2.92. The van der Waals surface area contributed by atoms with Crippen molar-refractivity contribution in [1.29, 1.82) is 0 Å². The monoisotopic (exact) mass is 146 g/mol. The molecular formula is C9H19F. The summed E-state index contributed by atoms with van der Waals surface area (Å²) in [6, 6.07) is 0. The summed E-state index contributed by atoms with van der Waals surface area (Å²) in [4.78, 5) is 0. The number of halogens is 1. The van der Waals surface area contributed by atoms with Crippen molar-refractivity contribution in [2.24, 2.45) is 5.92 Å². The molecule has 0 atom stereocenters. The lowest BCUT2D eigenvalue weighted by Gasteiger charge is -2.11. The Morgan fingerprint density at radius 3 is 1.80 bits per heavy atom. The molecule has 62 valence electrons. The lowest BCUT2D eigenvalue weighted by atomic mass is 9.96. The SMILES string of the molecule is CCCC(CCC)CCF. The number of hydrogen-bond donors (Lipinski definition) is 0. The summed E-state index contributed by atoms with van der Waals surface area (Å²) in [6.07, 6.45) is 5.59. The molecule has 0 saturated carbocycles. The highest BCUT2D eigenvalue weighted by atomic mass is 19.1. The molecule has 10 heavy (non-hydrogen) atoms. The summed E-state index contributed by atoms with van der Waals surface area (Å²) in [5, 5.41) is 0. The standard InChI is InChI=1S/C9H19F/c1-3-5-9(6-4-2)7-8-10/h9H,3-8H2,1-2H3. The first-order chi connectivity index (χ1) is 4.85. The molecule has 0 nitrogen and oxygen atoms in total. The molecule has 0 aromatic rings. The van der Waals surface area contributed by atoms with E-state index >= 15 is 0 Å². The summed E-state index contributed by atoms with van der Waals surface area (Å²) in [6.45, 7) is 4.20. The Balaban J connectivity index is 3.30. The molecule has 0 bridgehead atoms. The van der Waals surface area contributed by atoms with Gasteiger partial charge in [-0.3, -0.25) is 4.39 Å². The summed E-state index contributed by atoms with van der Waals surface area (Å²) < 4.78 is 11.9. The molecule has 0 rings (SSSR count). The van der Waals surface area contributed by atoms with Gasteiger partial charge in [-0.15, -0.1) is 0 Å². The van der Waals surface area contributed by atoms with Crippen LogP contribution in [0, 0.1) is 5.92 Å². The van der Waals surface area contributed by atoms with Crippen molar-refractivity contribution < 1.29 is 4.39 Å². The molecule has 0 aliphatic rings. The molecule has 0 amide bonds. The van der Waals surface area contributed by atoms with Gasteiger partial charge >= 0.3 is 0 Å². The van der Waals surface area contributed by atoms with Gasteiger partial charge in [-0.1, -0.05) is 39.5 Å². The number of alkyl halides is 1. The average molecular weight is 146 g/mol. The van der Waals surface area contributed by atoms with Crippen LogP contribution < -0.4 is 0 Å². The molecule has 0 aromatic heterocycles. The van der Waals surface area contributed by atoms with Crippen LogP contribution in [0.4, 0.5) is 4.39 Å². The molecule has 0 N–H and O–H groups in total. The van der Waals surface area contributed by atoms with Crippen LogP contribution in [0.3, 0.4) is 0 Å². The predicted octanol–water partition coefficient (Wildman–Crippen LogP) is 3.56. The molecule has 0 fully saturated rings. The van der Waals surface area contributed by atoms with E-state index in [4.69, 9.17) is 0 Å². The summed E-state index contributed by atoms with van der Waals surface area (Å²) in [5.74, 6) is 0.653. The highest BCUT2D eigenvalue weighted by molar-refractivity contribution is 4.56. The molecule has 0 aromatic carbocycles. The summed E-state index contributed by atoms with van der Waals surface area (Å²) in [7, 11) is 0. The van der Waals surface area contributed by atoms with Crippen LogP contribution in [0.25, 0.3) is 0 Å². The van der Waals surface area contributed by atoms with E-state index < -0.39 is 0 Å². The normalized spacial score (nSPS) is 10.8. The fourth-order valence-electron chi connectivity index (χ4n) is 1.40. The maximum Gasteiger partial charge on any atom is 0.0897 e. The zero-order valence-corrected chi connectivity index (χ0v) is 7.20. The van der Waals surface area contributed by atoms with Gasteiger partial charge in [-0.05, 0) is 12.3 Å². The average Bonchev–Trinajstić information content (AvgIpc) is 1.90. The van der Waals surface area contributed by atoms with Gasteiger partial charge in [0.1, 0.15) is 0 Å². The summed E-state index contributed by atoms with van der Waals surface area (Å²) in [5.41, 5.74) is 0. The Labute approximate surface area is 63.8 Å². The third-order valence-electron chi connectivity index (χ3n) is 1.91. The number of rotatable bonds is 6. The van der Waals surface area contributed by atoms with Gasteiger partial charge in [-0.25, -0.2) is 0 Å². The molecule has 0 radical (unpaired) electrons. The third kappa shape index (κ3) is 4.78. The van der Waals surface area contributed by atoms with Gasteiger partial charge in [0, 0.05) is 0 Å². The van der Waals surface area contributed by atoms with Gasteiger partial charge in [0.2, 0.25) is 0 Å². The van der Waals surface area contributed by atoms with Crippen molar-refractivity contribution in [3.63, 3.8) is 0 Å². The van der Waals surface area contributed by atoms with Crippen LogP contribution in [-0.2, 0) is 0 Å². The second kappa shape index (κ2) is 7.04. The predicted molar refractivity (Wildman–Crippen MR) is 43.9 cm³/mol. The fourth-order valence-corrected chi connectivity index (χ4v) is 1.40. The lowest BCUT2D eigenvalue weighted by molar-refractivity contribution is 0.348. The Morgan fingerprint density at radius 1 is 1.00 bits per heavy atom. The van der Waals surface area contributed by atoms with Crippen LogP contribution in [0.2, 0.25) is 0 Å². The molecule has 0 heterocycles. The van der Waals surface area contributed by atoms with E-state index in [2.05, 4.69) is 13.8 Å². The maximum absolute atomic E-state index is 11.9. The first-order valence-electron chi connectivity index (χ1n) is 4.41. The minimum Gasteiger partial charge on any atom is -0.251 e. The van der Waals surface area contributed by atoms with Crippen LogP contribution in [0.15, 0.2) is 0 Å². The quantitative estimate of drug-likeness (QED) is 0.537. The number of hydrogen-bond acceptors (Lipinski definition) is 0. The van der Waals surface area contributed by atoms with Crippen molar-refractivity contribution in [2.75, 3.05) is 6.67 Å². The van der Waals surface area contributed by atoms with E-state index in [1.807, 2.05) is 0 Å². The Bertz CT molecular complexity index is 47.5. The molecule has 0 aliphatic carbocycles. The van der Waals surface area contributed by atoms with E-state index in [-0.39, 0.29) is 6.67 Å². The van der Waals surface area contributed by atoms with E-state index in [0.717, 1.165) is 6.42 Å².